The molecule has 1 amide bonds. The first kappa shape index (κ1) is 9.13. The van der Waals surface area contributed by atoms with Gasteiger partial charge in [0.1, 0.15) is 0 Å². The summed E-state index contributed by atoms with van der Waals surface area (Å²) < 4.78 is 0. The highest BCUT2D eigenvalue weighted by molar-refractivity contribution is 7.96. The van der Waals surface area contributed by atoms with E-state index in [-0.39, 0.29) is 5.24 Å². The lowest BCUT2D eigenvalue weighted by Gasteiger charge is -2.04. The number of nitrogens with one attached hydrogen (secondary N) is 1. The number of benzene rings is 1. The molecule has 12 heavy (non-hydrogen) atoms. The zero-order valence-corrected chi connectivity index (χ0v) is 7.77. The molecular weight excluding hydrogens is 170 g/mol. The Balaban J connectivity index is 2.63. The molecule has 0 aromatic heterocycles. The minimum atomic E-state index is -0.293. The van der Waals surface area contributed by atoms with Gasteiger partial charge in [0.2, 0.25) is 0 Å². The summed E-state index contributed by atoms with van der Waals surface area (Å²) in [6, 6.07) is 7.92. The first-order valence-electron chi connectivity index (χ1n) is 3.71. The van der Waals surface area contributed by atoms with Crippen molar-refractivity contribution in [3.8, 4) is 0 Å². The molecule has 1 aromatic carbocycles. The van der Waals surface area contributed by atoms with Gasteiger partial charge in [-0.2, -0.15) is 0 Å². The van der Waals surface area contributed by atoms with E-state index in [2.05, 4.69) is 17.9 Å². The fourth-order valence-corrected chi connectivity index (χ4v) is 1.06. The first-order chi connectivity index (χ1) is 5.70. The van der Waals surface area contributed by atoms with E-state index in [0.717, 1.165) is 5.56 Å². The Morgan fingerprint density at radius 3 is 2.75 bits per heavy atom. The standard InChI is InChI=1S/C9H11NOS/c1-7-4-2-3-5-8(7)6-10-9(11)12/h2-5H,6H2,1H3,(H2,10,11,12). The summed E-state index contributed by atoms with van der Waals surface area (Å²) in [6.07, 6.45) is 0. The molecule has 0 saturated heterocycles. The van der Waals surface area contributed by atoms with Crippen LogP contribution in [0.4, 0.5) is 4.79 Å². The van der Waals surface area contributed by atoms with Crippen LogP contribution in [0.1, 0.15) is 11.1 Å². The van der Waals surface area contributed by atoms with Gasteiger partial charge in [-0.05, 0) is 18.1 Å². The van der Waals surface area contributed by atoms with Gasteiger partial charge in [-0.1, -0.05) is 36.9 Å². The van der Waals surface area contributed by atoms with E-state index in [4.69, 9.17) is 0 Å². The molecule has 0 saturated carbocycles. The number of hydrogen-bond donors (Lipinski definition) is 2. The van der Waals surface area contributed by atoms with Crippen LogP contribution in [0.15, 0.2) is 24.3 Å². The molecule has 64 valence electrons. The van der Waals surface area contributed by atoms with Crippen LogP contribution in [0.3, 0.4) is 0 Å². The third-order valence-corrected chi connectivity index (χ3v) is 1.85. The van der Waals surface area contributed by atoms with Crippen LogP contribution in [-0.4, -0.2) is 5.24 Å². The normalized spacial score (nSPS) is 9.50. The van der Waals surface area contributed by atoms with E-state index < -0.39 is 0 Å². The summed E-state index contributed by atoms with van der Waals surface area (Å²) in [6.45, 7) is 2.56. The van der Waals surface area contributed by atoms with Crippen LogP contribution in [0, 0.1) is 6.92 Å². The molecule has 0 spiro atoms. The van der Waals surface area contributed by atoms with Crippen molar-refractivity contribution < 1.29 is 4.79 Å². The Kier molecular flexibility index (Phi) is 3.17. The molecule has 0 aliphatic heterocycles. The molecule has 2 nitrogen and oxygen atoms in total. The lowest BCUT2D eigenvalue weighted by molar-refractivity contribution is 0.260. The average molecular weight is 181 g/mol. The highest BCUT2D eigenvalue weighted by Crippen LogP contribution is 2.05. The number of hydrogen-bond acceptors (Lipinski definition) is 1. The fraction of sp³-hybridized carbons (Fsp3) is 0.222. The summed E-state index contributed by atoms with van der Waals surface area (Å²) in [4.78, 5) is 10.5. The minimum Gasteiger partial charge on any atom is -0.343 e. The van der Waals surface area contributed by atoms with E-state index in [1.54, 1.807) is 0 Å². The van der Waals surface area contributed by atoms with Crippen molar-refractivity contribution in [3.63, 3.8) is 0 Å². The van der Waals surface area contributed by atoms with Crippen molar-refractivity contribution in [2.24, 2.45) is 0 Å². The first-order valence-corrected chi connectivity index (χ1v) is 4.16. The van der Waals surface area contributed by atoms with Gasteiger partial charge in [0.05, 0.1) is 0 Å². The van der Waals surface area contributed by atoms with E-state index >= 15 is 0 Å². The van der Waals surface area contributed by atoms with Crippen molar-refractivity contribution in [1.29, 1.82) is 0 Å². The zero-order chi connectivity index (χ0) is 8.97. The highest BCUT2D eigenvalue weighted by Gasteiger charge is 1.96. The predicted octanol–water partition coefficient (Wildman–Crippen LogP) is 2.13. The molecule has 1 N–H and O–H groups in total. The Morgan fingerprint density at radius 1 is 1.50 bits per heavy atom. The van der Waals surface area contributed by atoms with Gasteiger partial charge in [0, 0.05) is 6.54 Å². The minimum absolute atomic E-state index is 0.293. The van der Waals surface area contributed by atoms with E-state index in [1.807, 2.05) is 31.2 Å². The van der Waals surface area contributed by atoms with Crippen molar-refractivity contribution in [2.45, 2.75) is 13.5 Å². The molecular formula is C9H11NOS. The molecule has 0 unspecified atom stereocenters. The summed E-state index contributed by atoms with van der Waals surface area (Å²) in [5.41, 5.74) is 2.31. The number of amides is 1. The summed E-state index contributed by atoms with van der Waals surface area (Å²) in [7, 11) is 0. The van der Waals surface area contributed by atoms with Gasteiger partial charge in [-0.3, -0.25) is 4.79 Å². The van der Waals surface area contributed by atoms with Gasteiger partial charge in [0.25, 0.3) is 5.24 Å². The van der Waals surface area contributed by atoms with Crippen molar-refractivity contribution >= 4 is 17.9 Å². The SMILES string of the molecule is Cc1ccccc1CNC(=O)S. The number of carbonyl (C=O) groups excluding carboxylic acids is 1. The van der Waals surface area contributed by atoms with E-state index in [1.165, 1.54) is 5.56 Å². The summed E-state index contributed by atoms with van der Waals surface area (Å²) in [5.74, 6) is 0. The fourth-order valence-electron chi connectivity index (χ4n) is 0.979. The molecule has 3 heteroatoms. The van der Waals surface area contributed by atoms with E-state index in [0.29, 0.717) is 6.54 Å². The Labute approximate surface area is 77.4 Å². The van der Waals surface area contributed by atoms with Gasteiger partial charge in [0.15, 0.2) is 0 Å². The molecule has 0 aliphatic rings. The summed E-state index contributed by atoms with van der Waals surface area (Å²) >= 11 is 3.61. The molecule has 0 aliphatic carbocycles. The molecule has 0 heterocycles. The maximum absolute atomic E-state index is 10.5. The molecule has 1 aromatic rings. The number of aryl methyl sites for hydroxylation is 1. The predicted molar refractivity (Wildman–Crippen MR) is 52.4 cm³/mol. The number of rotatable bonds is 2. The highest BCUT2D eigenvalue weighted by atomic mass is 32.1. The monoisotopic (exact) mass is 181 g/mol. The second-order valence-corrected chi connectivity index (χ2v) is 2.99. The van der Waals surface area contributed by atoms with E-state index in [9.17, 15) is 4.79 Å². The molecule has 0 fully saturated rings. The number of carbonyl (C=O) groups is 1. The van der Waals surface area contributed by atoms with Gasteiger partial charge in [-0.15, -0.1) is 0 Å². The van der Waals surface area contributed by atoms with Gasteiger partial charge in [-0.25, -0.2) is 0 Å². The second kappa shape index (κ2) is 4.16. The number of thiol groups is 1. The largest absolute Gasteiger partial charge is 0.343 e. The van der Waals surface area contributed by atoms with Gasteiger partial charge < -0.3 is 5.32 Å². The third kappa shape index (κ3) is 2.58. The van der Waals surface area contributed by atoms with Crippen LogP contribution < -0.4 is 5.32 Å². The zero-order valence-electron chi connectivity index (χ0n) is 6.87. The maximum atomic E-state index is 10.5. The topological polar surface area (TPSA) is 29.1 Å². The van der Waals surface area contributed by atoms with Gasteiger partial charge >= 0.3 is 0 Å². The van der Waals surface area contributed by atoms with Crippen LogP contribution in [-0.2, 0) is 6.54 Å². The Morgan fingerprint density at radius 2 is 2.17 bits per heavy atom. The molecule has 1 rings (SSSR count). The summed E-state index contributed by atoms with van der Waals surface area (Å²) in [5, 5.41) is 2.33. The van der Waals surface area contributed by atoms with Crippen LogP contribution in [0.2, 0.25) is 0 Å². The quantitative estimate of drug-likeness (QED) is 0.672. The average Bonchev–Trinajstić information content (AvgIpc) is 2.03. The van der Waals surface area contributed by atoms with Crippen LogP contribution in [0.25, 0.3) is 0 Å². The lowest BCUT2D eigenvalue weighted by Crippen LogP contribution is -2.16. The lowest BCUT2D eigenvalue weighted by atomic mass is 10.1. The van der Waals surface area contributed by atoms with Crippen LogP contribution in [0.5, 0.6) is 0 Å². The van der Waals surface area contributed by atoms with Crippen molar-refractivity contribution in [1.82, 2.24) is 5.32 Å². The Hall–Kier alpha value is -0.960. The second-order valence-electron chi connectivity index (χ2n) is 2.59. The smallest absolute Gasteiger partial charge is 0.276 e. The maximum Gasteiger partial charge on any atom is 0.276 e. The van der Waals surface area contributed by atoms with Crippen LogP contribution >= 0.6 is 12.6 Å². The third-order valence-electron chi connectivity index (χ3n) is 1.69. The molecule has 0 radical (unpaired) electrons. The molecule has 0 bridgehead atoms. The Bertz CT molecular complexity index is 286. The molecule has 0 atom stereocenters. The van der Waals surface area contributed by atoms with Crippen molar-refractivity contribution in [2.75, 3.05) is 0 Å². The van der Waals surface area contributed by atoms with Crippen molar-refractivity contribution in [3.05, 3.63) is 35.4 Å².